The summed E-state index contributed by atoms with van der Waals surface area (Å²) in [6.07, 6.45) is 1.55. The van der Waals surface area contributed by atoms with E-state index < -0.39 is 5.97 Å². The Morgan fingerprint density at radius 3 is 2.14 bits per heavy atom. The van der Waals surface area contributed by atoms with Crippen molar-refractivity contribution in [2.24, 2.45) is 0 Å². The van der Waals surface area contributed by atoms with E-state index in [0.717, 1.165) is 22.3 Å². The van der Waals surface area contributed by atoms with Crippen LogP contribution in [0.1, 0.15) is 27.8 Å². The topological polar surface area (TPSA) is 46.5 Å². The molecule has 3 heteroatoms. The van der Waals surface area contributed by atoms with Crippen molar-refractivity contribution in [3.63, 3.8) is 0 Å². The minimum Gasteiger partial charge on any atom is -0.475 e. The molecule has 0 aromatic heterocycles. The van der Waals surface area contributed by atoms with Crippen LogP contribution >= 0.6 is 0 Å². The van der Waals surface area contributed by atoms with Gasteiger partial charge in [0.25, 0.3) is 0 Å². The Kier molecular flexibility index (Phi) is 4.66. The van der Waals surface area contributed by atoms with E-state index in [-0.39, 0.29) is 5.76 Å². The van der Waals surface area contributed by atoms with Crippen molar-refractivity contribution >= 4 is 12.0 Å². The van der Waals surface area contributed by atoms with Crippen LogP contribution in [-0.2, 0) is 4.79 Å². The third-order valence-corrected chi connectivity index (χ3v) is 3.46. The molecule has 0 aliphatic carbocycles. The highest BCUT2D eigenvalue weighted by molar-refractivity contribution is 5.90. The van der Waals surface area contributed by atoms with Crippen LogP contribution in [0.15, 0.2) is 42.2 Å². The molecule has 0 atom stereocenters. The lowest BCUT2D eigenvalue weighted by molar-refractivity contribution is -0.134. The molecule has 0 saturated heterocycles. The van der Waals surface area contributed by atoms with Crippen molar-refractivity contribution in [2.75, 3.05) is 0 Å². The molecular formula is C19H20O3. The van der Waals surface area contributed by atoms with Gasteiger partial charge in [0.15, 0.2) is 0 Å². The highest BCUT2D eigenvalue weighted by Crippen LogP contribution is 2.20. The van der Waals surface area contributed by atoms with Gasteiger partial charge in [-0.3, -0.25) is 0 Å². The Balaban J connectivity index is 2.35. The van der Waals surface area contributed by atoms with Crippen molar-refractivity contribution in [1.29, 1.82) is 0 Å². The van der Waals surface area contributed by atoms with Crippen LogP contribution in [0.3, 0.4) is 0 Å². The Morgan fingerprint density at radius 2 is 1.59 bits per heavy atom. The van der Waals surface area contributed by atoms with Crippen molar-refractivity contribution in [1.82, 2.24) is 0 Å². The van der Waals surface area contributed by atoms with Gasteiger partial charge in [-0.2, -0.15) is 0 Å². The van der Waals surface area contributed by atoms with E-state index in [1.165, 1.54) is 5.56 Å². The van der Waals surface area contributed by atoms with Crippen LogP contribution in [0.4, 0.5) is 0 Å². The lowest BCUT2D eigenvalue weighted by Crippen LogP contribution is -2.08. The summed E-state index contributed by atoms with van der Waals surface area (Å²) >= 11 is 0. The molecular weight excluding hydrogens is 276 g/mol. The molecule has 0 fully saturated rings. The Morgan fingerprint density at radius 1 is 0.955 bits per heavy atom. The number of aliphatic carboxylic acids is 1. The van der Waals surface area contributed by atoms with Gasteiger partial charge in [-0.1, -0.05) is 24.3 Å². The third-order valence-electron chi connectivity index (χ3n) is 3.46. The van der Waals surface area contributed by atoms with E-state index in [0.29, 0.717) is 5.75 Å². The maximum absolute atomic E-state index is 11.4. The van der Waals surface area contributed by atoms with Crippen molar-refractivity contribution in [3.05, 3.63) is 70.0 Å². The zero-order chi connectivity index (χ0) is 16.3. The number of carboxylic acid groups (broad SMARTS) is 1. The number of aryl methyl sites for hydroxylation is 4. The molecule has 0 bridgehead atoms. The summed E-state index contributed by atoms with van der Waals surface area (Å²) in [6, 6.07) is 11.5. The molecule has 22 heavy (non-hydrogen) atoms. The Labute approximate surface area is 130 Å². The summed E-state index contributed by atoms with van der Waals surface area (Å²) in [7, 11) is 0. The maximum atomic E-state index is 11.4. The van der Waals surface area contributed by atoms with Crippen LogP contribution in [0.5, 0.6) is 5.75 Å². The molecule has 0 amide bonds. The smallest absolute Gasteiger partial charge is 0.371 e. The number of benzene rings is 2. The Hall–Kier alpha value is -2.55. The summed E-state index contributed by atoms with van der Waals surface area (Å²) < 4.78 is 5.57. The zero-order valence-corrected chi connectivity index (χ0v) is 13.3. The largest absolute Gasteiger partial charge is 0.475 e. The predicted molar refractivity (Wildman–Crippen MR) is 88.1 cm³/mol. The number of hydrogen-bond acceptors (Lipinski definition) is 2. The van der Waals surface area contributed by atoms with Gasteiger partial charge in [0.2, 0.25) is 5.76 Å². The fourth-order valence-corrected chi connectivity index (χ4v) is 2.26. The number of carbonyl (C=O) groups is 1. The maximum Gasteiger partial charge on any atom is 0.371 e. The van der Waals surface area contributed by atoms with E-state index in [1.54, 1.807) is 6.08 Å². The first kappa shape index (κ1) is 15.8. The lowest BCUT2D eigenvalue weighted by Gasteiger charge is -2.09. The fourth-order valence-electron chi connectivity index (χ4n) is 2.26. The molecule has 2 rings (SSSR count). The molecule has 0 aliphatic heterocycles. The summed E-state index contributed by atoms with van der Waals surface area (Å²) in [5, 5.41) is 9.37. The first-order valence-electron chi connectivity index (χ1n) is 7.13. The molecule has 0 heterocycles. The number of rotatable bonds is 4. The van der Waals surface area contributed by atoms with E-state index in [9.17, 15) is 9.90 Å². The average molecular weight is 296 g/mol. The quantitative estimate of drug-likeness (QED) is 0.671. The lowest BCUT2D eigenvalue weighted by atomic mass is 10.1. The standard InChI is InChI=1S/C19H20O3/c1-12-7-13(2)9-17(8-12)22-18(19(20)21)11-16-6-5-14(3)15(4)10-16/h5-11H,1-4H3,(H,20,21). The Bertz CT molecular complexity index is 722. The minimum absolute atomic E-state index is 0.0896. The third kappa shape index (κ3) is 3.98. The first-order valence-corrected chi connectivity index (χ1v) is 7.13. The molecule has 114 valence electrons. The predicted octanol–water partition coefficient (Wildman–Crippen LogP) is 4.42. The highest BCUT2D eigenvalue weighted by atomic mass is 16.5. The van der Waals surface area contributed by atoms with Gasteiger partial charge in [0, 0.05) is 0 Å². The van der Waals surface area contributed by atoms with Crippen LogP contribution in [0, 0.1) is 27.7 Å². The first-order chi connectivity index (χ1) is 10.3. The van der Waals surface area contributed by atoms with Gasteiger partial charge in [0.05, 0.1) is 0 Å². The molecule has 0 saturated carbocycles. The molecule has 0 radical (unpaired) electrons. The van der Waals surface area contributed by atoms with Gasteiger partial charge < -0.3 is 9.84 Å². The summed E-state index contributed by atoms with van der Waals surface area (Å²) in [6.45, 7) is 7.92. The van der Waals surface area contributed by atoms with Crippen LogP contribution in [-0.4, -0.2) is 11.1 Å². The van der Waals surface area contributed by atoms with Crippen LogP contribution in [0.2, 0.25) is 0 Å². The summed E-state index contributed by atoms with van der Waals surface area (Å²) in [4.78, 5) is 11.4. The van der Waals surface area contributed by atoms with Gasteiger partial charge in [-0.05, 0) is 73.7 Å². The molecule has 0 spiro atoms. The van der Waals surface area contributed by atoms with E-state index in [2.05, 4.69) is 0 Å². The van der Waals surface area contributed by atoms with Crippen molar-refractivity contribution in [2.45, 2.75) is 27.7 Å². The number of ether oxygens (including phenoxy) is 1. The second kappa shape index (κ2) is 6.48. The van der Waals surface area contributed by atoms with E-state index in [1.807, 2.05) is 64.1 Å². The molecule has 0 aliphatic rings. The summed E-state index contributed by atoms with van der Waals surface area (Å²) in [5.41, 5.74) is 5.16. The number of hydrogen-bond donors (Lipinski definition) is 1. The summed E-state index contributed by atoms with van der Waals surface area (Å²) in [5.74, 6) is -0.638. The molecule has 1 N–H and O–H groups in total. The van der Waals surface area contributed by atoms with Crippen molar-refractivity contribution in [3.8, 4) is 5.75 Å². The number of carboxylic acids is 1. The zero-order valence-electron chi connectivity index (χ0n) is 13.3. The fraction of sp³-hybridized carbons (Fsp3) is 0.211. The second-order valence-electron chi connectivity index (χ2n) is 5.58. The van der Waals surface area contributed by atoms with Gasteiger partial charge in [-0.15, -0.1) is 0 Å². The van der Waals surface area contributed by atoms with Crippen LogP contribution < -0.4 is 4.74 Å². The SMILES string of the molecule is Cc1cc(C)cc(OC(=Cc2ccc(C)c(C)c2)C(=O)O)c1. The molecule has 3 nitrogen and oxygen atoms in total. The average Bonchev–Trinajstić information content (AvgIpc) is 2.41. The normalized spacial score (nSPS) is 11.4. The minimum atomic E-state index is -1.09. The molecule has 2 aromatic carbocycles. The van der Waals surface area contributed by atoms with Gasteiger partial charge in [0.1, 0.15) is 5.75 Å². The van der Waals surface area contributed by atoms with Gasteiger partial charge >= 0.3 is 5.97 Å². The monoisotopic (exact) mass is 296 g/mol. The van der Waals surface area contributed by atoms with Gasteiger partial charge in [-0.25, -0.2) is 4.79 Å². The molecule has 0 unspecified atom stereocenters. The highest BCUT2D eigenvalue weighted by Gasteiger charge is 2.11. The van der Waals surface area contributed by atoms with Crippen molar-refractivity contribution < 1.29 is 14.6 Å². The van der Waals surface area contributed by atoms with Crippen LogP contribution in [0.25, 0.3) is 6.08 Å². The van der Waals surface area contributed by atoms with E-state index >= 15 is 0 Å². The second-order valence-corrected chi connectivity index (χ2v) is 5.58. The molecule has 2 aromatic rings. The van der Waals surface area contributed by atoms with E-state index in [4.69, 9.17) is 4.74 Å².